The highest BCUT2D eigenvalue weighted by molar-refractivity contribution is 8.23. The third kappa shape index (κ3) is 2.18. The standard InChI is InChI=1S/C8H11NOSSi/c1-9(12(10)11-2)8-6-4-3-5-7-8/h3-7H,1-2H3. The quantitative estimate of drug-likeness (QED) is 0.690. The molecule has 1 aromatic carbocycles. The minimum Gasteiger partial charge on any atom is -0.345 e. The monoisotopic (exact) mass is 197 g/mol. The molecule has 1 aromatic rings. The minimum absolute atomic E-state index is 1.01. The van der Waals surface area contributed by atoms with Crippen LogP contribution in [0.3, 0.4) is 0 Å². The van der Waals surface area contributed by atoms with E-state index >= 15 is 0 Å². The smallest absolute Gasteiger partial charge is 0.345 e. The average molecular weight is 197 g/mol. The molecule has 0 radical (unpaired) electrons. The number of hydrogen-bond donors (Lipinski definition) is 0. The molecule has 0 aromatic heterocycles. The van der Waals surface area contributed by atoms with Gasteiger partial charge in [0.25, 0.3) is 0 Å². The number of para-hydroxylation sites is 1. The highest BCUT2D eigenvalue weighted by Gasteiger charge is 2.10. The fourth-order valence-corrected chi connectivity index (χ4v) is 2.67. The average Bonchev–Trinajstić information content (AvgIpc) is 2.17. The molecule has 0 saturated carbocycles. The van der Waals surface area contributed by atoms with Crippen molar-refractivity contribution < 1.29 is 4.46 Å². The Morgan fingerprint density at radius 1 is 1.33 bits per heavy atom. The molecule has 0 atom stereocenters. The Bertz CT molecular complexity index is 265. The van der Waals surface area contributed by atoms with Crippen LogP contribution in [-0.4, -0.2) is 21.3 Å². The highest BCUT2D eigenvalue weighted by Crippen LogP contribution is 2.12. The fourth-order valence-electron chi connectivity index (χ4n) is 0.894. The Hall–Kier alpha value is -0.613. The van der Waals surface area contributed by atoms with Gasteiger partial charge in [-0.15, -0.1) is 11.2 Å². The number of rotatable bonds is 3. The van der Waals surface area contributed by atoms with E-state index in [4.69, 9.17) is 0 Å². The summed E-state index contributed by atoms with van der Waals surface area (Å²) in [5.74, 6) is 0. The zero-order valence-electron chi connectivity index (χ0n) is 7.15. The van der Waals surface area contributed by atoms with Crippen molar-refractivity contribution in [3.8, 4) is 0 Å². The first-order chi connectivity index (χ1) is 5.75. The van der Waals surface area contributed by atoms with E-state index in [0.29, 0.717) is 0 Å². The van der Waals surface area contributed by atoms with Gasteiger partial charge in [0, 0.05) is 12.7 Å². The molecule has 0 saturated heterocycles. The molecule has 0 aliphatic heterocycles. The van der Waals surface area contributed by atoms with Crippen molar-refractivity contribution in [2.45, 2.75) is 0 Å². The normalized spacial score (nSPS) is 9.50. The van der Waals surface area contributed by atoms with E-state index in [9.17, 15) is 4.46 Å². The molecule has 0 unspecified atom stereocenters. The molecular formula is C8H11NOSSi. The second-order valence-corrected chi connectivity index (χ2v) is 6.25. The van der Waals surface area contributed by atoms with Gasteiger partial charge in [0.1, 0.15) is 0 Å². The first-order valence-corrected chi connectivity index (χ1v) is 6.93. The molecule has 64 valence electrons. The van der Waals surface area contributed by atoms with Gasteiger partial charge in [-0.05, 0) is 18.4 Å². The molecule has 0 aliphatic rings. The Morgan fingerprint density at radius 2 is 1.92 bits per heavy atom. The number of nitrogens with zero attached hydrogens (tertiary/aromatic N) is 1. The van der Waals surface area contributed by atoms with Crippen molar-refractivity contribution in [2.75, 3.05) is 17.9 Å². The van der Waals surface area contributed by atoms with Crippen molar-refractivity contribution >= 4 is 24.9 Å². The molecule has 0 aliphatic carbocycles. The predicted molar refractivity (Wildman–Crippen MR) is 54.8 cm³/mol. The van der Waals surface area contributed by atoms with Crippen molar-refractivity contribution in [2.24, 2.45) is 0 Å². The molecule has 2 nitrogen and oxygen atoms in total. The number of hydrogen-bond acceptors (Lipinski definition) is 2. The molecule has 0 spiro atoms. The van der Waals surface area contributed by atoms with Gasteiger partial charge < -0.3 is 9.03 Å². The van der Waals surface area contributed by atoms with Gasteiger partial charge in [-0.3, -0.25) is 0 Å². The van der Waals surface area contributed by atoms with Crippen LogP contribution in [0.2, 0.25) is 0 Å². The maximum absolute atomic E-state index is 11.4. The van der Waals surface area contributed by atoms with Crippen LogP contribution in [0.15, 0.2) is 30.3 Å². The maximum Gasteiger partial charge on any atom is 0.471 e. The van der Waals surface area contributed by atoms with Crippen molar-refractivity contribution in [3.63, 3.8) is 0 Å². The van der Waals surface area contributed by atoms with Gasteiger partial charge in [0.05, 0.1) is 0 Å². The molecule has 0 bridgehead atoms. The second-order valence-electron chi connectivity index (χ2n) is 2.36. The fraction of sp³-hybridized carbons (Fsp3) is 0.250. The summed E-state index contributed by atoms with van der Waals surface area (Å²) < 4.78 is 13.2. The van der Waals surface area contributed by atoms with E-state index in [-0.39, 0.29) is 0 Å². The summed E-state index contributed by atoms with van der Waals surface area (Å²) in [4.78, 5) is 0. The van der Waals surface area contributed by atoms with Crippen LogP contribution in [0.4, 0.5) is 5.69 Å². The lowest BCUT2D eigenvalue weighted by Crippen LogP contribution is -2.24. The van der Waals surface area contributed by atoms with E-state index in [2.05, 4.69) is 0 Å². The molecule has 1 rings (SSSR count). The van der Waals surface area contributed by atoms with Crippen LogP contribution in [0.1, 0.15) is 0 Å². The third-order valence-corrected chi connectivity index (χ3v) is 4.62. The van der Waals surface area contributed by atoms with E-state index in [1.54, 1.807) is 0 Å². The summed E-state index contributed by atoms with van der Waals surface area (Å²) in [6.45, 7) is 0. The summed E-state index contributed by atoms with van der Waals surface area (Å²) in [5, 5.41) is 0. The summed E-state index contributed by atoms with van der Waals surface area (Å²) in [7, 11) is 0.195. The van der Waals surface area contributed by atoms with Gasteiger partial charge >= 0.3 is 7.99 Å². The minimum atomic E-state index is -1.66. The molecule has 4 heteroatoms. The van der Waals surface area contributed by atoms with Crippen molar-refractivity contribution in [1.29, 1.82) is 0 Å². The first-order valence-electron chi connectivity index (χ1n) is 3.62. The van der Waals surface area contributed by atoms with Crippen molar-refractivity contribution in [1.82, 2.24) is 0 Å². The van der Waals surface area contributed by atoms with Crippen LogP contribution >= 0.6 is 11.2 Å². The Balaban J connectivity index is 2.78. The molecule has 0 amide bonds. The van der Waals surface area contributed by atoms with Gasteiger partial charge in [0.15, 0.2) is 0 Å². The topological polar surface area (TPSA) is 20.3 Å². The summed E-state index contributed by atoms with van der Waals surface area (Å²) >= 11 is 1.40. The molecule has 12 heavy (non-hydrogen) atoms. The zero-order chi connectivity index (χ0) is 8.97. The summed E-state index contributed by atoms with van der Waals surface area (Å²) in [6.07, 6.45) is 1.86. The van der Waals surface area contributed by atoms with E-state index in [0.717, 1.165) is 5.69 Å². The molecular weight excluding hydrogens is 186 g/mol. The zero-order valence-corrected chi connectivity index (χ0v) is 8.97. The van der Waals surface area contributed by atoms with Crippen molar-refractivity contribution in [3.05, 3.63) is 30.3 Å². The lowest BCUT2D eigenvalue weighted by atomic mass is 10.3. The molecule has 0 heterocycles. The molecule has 0 fully saturated rings. The van der Waals surface area contributed by atoms with Gasteiger partial charge in [-0.2, -0.15) is 0 Å². The molecule has 0 N–H and O–H groups in total. The first kappa shape index (κ1) is 9.47. The van der Waals surface area contributed by atoms with Crippen LogP contribution < -0.4 is 4.57 Å². The highest BCUT2D eigenvalue weighted by atomic mass is 32.4. The van der Waals surface area contributed by atoms with Crippen LogP contribution in [0.5, 0.6) is 0 Å². The van der Waals surface area contributed by atoms with E-state index in [1.807, 2.05) is 48.2 Å². The van der Waals surface area contributed by atoms with E-state index in [1.165, 1.54) is 11.2 Å². The number of anilines is 1. The number of benzene rings is 1. The summed E-state index contributed by atoms with van der Waals surface area (Å²) in [5.41, 5.74) is 1.01. The summed E-state index contributed by atoms with van der Waals surface area (Å²) in [6, 6.07) is 9.76. The van der Waals surface area contributed by atoms with Gasteiger partial charge in [-0.1, -0.05) is 18.2 Å². The maximum atomic E-state index is 11.4. The van der Waals surface area contributed by atoms with Crippen LogP contribution in [0, 0.1) is 0 Å². The Morgan fingerprint density at radius 3 is 2.42 bits per heavy atom. The van der Waals surface area contributed by atoms with E-state index < -0.39 is 7.99 Å². The largest absolute Gasteiger partial charge is 0.471 e. The van der Waals surface area contributed by atoms with Crippen LogP contribution in [0.25, 0.3) is 0 Å². The Kier molecular flexibility index (Phi) is 3.49. The lowest BCUT2D eigenvalue weighted by molar-refractivity contribution is 0.571. The third-order valence-electron chi connectivity index (χ3n) is 1.59. The Labute approximate surface area is 78.0 Å². The predicted octanol–water partition coefficient (Wildman–Crippen LogP) is 1.90. The second kappa shape index (κ2) is 4.42. The van der Waals surface area contributed by atoms with Gasteiger partial charge in [-0.25, -0.2) is 0 Å². The van der Waals surface area contributed by atoms with Gasteiger partial charge in [0.2, 0.25) is 0 Å². The van der Waals surface area contributed by atoms with Crippen LogP contribution in [-0.2, 0) is 4.46 Å². The lowest BCUT2D eigenvalue weighted by Gasteiger charge is -2.14. The SMILES string of the molecule is CS[Si](=O)N(C)c1ccccc1.